The minimum absolute atomic E-state index is 0.131. The minimum atomic E-state index is -0.781. The van der Waals surface area contributed by atoms with Gasteiger partial charge in [-0.1, -0.05) is 40.6 Å². The molecule has 0 spiro atoms. The van der Waals surface area contributed by atoms with Crippen LogP contribution in [0.2, 0.25) is 0 Å². The first kappa shape index (κ1) is 15.1. The van der Waals surface area contributed by atoms with Gasteiger partial charge in [-0.15, -0.1) is 0 Å². The predicted octanol–water partition coefficient (Wildman–Crippen LogP) is 4.31. The topological polar surface area (TPSA) is 49.3 Å². The molecule has 1 aromatic carbocycles. The fourth-order valence-electron chi connectivity index (χ4n) is 2.99. The fourth-order valence-corrected chi connectivity index (χ4v) is 3.39. The smallest absolute Gasteiger partial charge is 0.326 e. The molecule has 2 N–H and O–H groups in total. The zero-order chi connectivity index (χ0) is 14.7. The lowest BCUT2D eigenvalue weighted by molar-refractivity contribution is -0.139. The second-order valence-electron chi connectivity index (χ2n) is 5.66. The monoisotopic (exact) mass is 337 g/mol. The molecule has 0 saturated heterocycles. The first-order valence-corrected chi connectivity index (χ1v) is 7.67. The zero-order valence-corrected chi connectivity index (χ0v) is 13.4. The molecule has 1 aromatic rings. The number of carboxylic acids is 1. The van der Waals surface area contributed by atoms with E-state index in [0.29, 0.717) is 5.92 Å². The van der Waals surface area contributed by atoms with Gasteiger partial charge in [0.1, 0.15) is 6.04 Å². The number of carboxylic acid groups (broad SMARTS) is 1. The average molecular weight is 338 g/mol. The molecule has 3 unspecified atom stereocenters. The molecule has 0 heterocycles. The number of allylic oxidation sites excluding steroid dienone is 2. The number of nitrogens with one attached hydrogen (secondary N) is 1. The summed E-state index contributed by atoms with van der Waals surface area (Å²) in [6, 6.07) is 7.09. The Morgan fingerprint density at radius 1 is 1.50 bits per heavy atom. The van der Waals surface area contributed by atoms with Crippen LogP contribution in [0, 0.1) is 11.8 Å². The Balaban J connectivity index is 2.16. The van der Waals surface area contributed by atoms with Gasteiger partial charge in [0.05, 0.1) is 0 Å². The van der Waals surface area contributed by atoms with Crippen molar-refractivity contribution in [1.82, 2.24) is 0 Å². The lowest BCUT2D eigenvalue weighted by Gasteiger charge is -2.31. The van der Waals surface area contributed by atoms with Crippen LogP contribution in [-0.2, 0) is 4.79 Å². The zero-order valence-electron chi connectivity index (χ0n) is 11.8. The summed E-state index contributed by atoms with van der Waals surface area (Å²) < 4.78 is 0.944. The van der Waals surface area contributed by atoms with E-state index >= 15 is 0 Å². The quantitative estimate of drug-likeness (QED) is 0.805. The van der Waals surface area contributed by atoms with Gasteiger partial charge in [-0.2, -0.15) is 0 Å². The van der Waals surface area contributed by atoms with E-state index in [9.17, 15) is 9.90 Å². The van der Waals surface area contributed by atoms with Crippen molar-refractivity contribution in [3.8, 4) is 0 Å². The Hall–Kier alpha value is -1.29. The van der Waals surface area contributed by atoms with E-state index < -0.39 is 12.0 Å². The van der Waals surface area contributed by atoms with E-state index in [1.165, 1.54) is 5.57 Å². The molecule has 0 fully saturated rings. The van der Waals surface area contributed by atoms with Crippen LogP contribution >= 0.6 is 15.9 Å². The number of aliphatic carboxylic acids is 1. The van der Waals surface area contributed by atoms with E-state index in [4.69, 9.17) is 0 Å². The highest BCUT2D eigenvalue weighted by molar-refractivity contribution is 9.10. The maximum absolute atomic E-state index is 11.6. The van der Waals surface area contributed by atoms with Crippen LogP contribution < -0.4 is 5.32 Å². The average Bonchev–Trinajstić information content (AvgIpc) is 2.34. The Morgan fingerprint density at radius 2 is 2.25 bits per heavy atom. The normalized spacial score (nSPS) is 23.9. The molecule has 2 rings (SSSR count). The lowest BCUT2D eigenvalue weighted by atomic mass is 9.79. The molecular formula is C16H20BrNO2. The molecule has 1 aliphatic carbocycles. The van der Waals surface area contributed by atoms with Crippen molar-refractivity contribution in [2.24, 2.45) is 11.8 Å². The Kier molecular flexibility index (Phi) is 4.86. The maximum atomic E-state index is 11.6. The van der Waals surface area contributed by atoms with Gasteiger partial charge < -0.3 is 10.4 Å². The molecule has 0 aromatic heterocycles. The molecule has 0 bridgehead atoms. The van der Waals surface area contributed by atoms with Crippen molar-refractivity contribution in [3.63, 3.8) is 0 Å². The summed E-state index contributed by atoms with van der Waals surface area (Å²) in [4.78, 5) is 11.6. The molecule has 4 heteroatoms. The molecule has 0 aliphatic heterocycles. The second kappa shape index (κ2) is 6.44. The van der Waals surface area contributed by atoms with Crippen LogP contribution in [0.5, 0.6) is 0 Å². The van der Waals surface area contributed by atoms with Crippen molar-refractivity contribution in [1.29, 1.82) is 0 Å². The molecular weight excluding hydrogens is 318 g/mol. The molecule has 3 nitrogen and oxygen atoms in total. The Labute approximate surface area is 128 Å². The van der Waals surface area contributed by atoms with Gasteiger partial charge >= 0.3 is 5.97 Å². The molecule has 1 aliphatic rings. The second-order valence-corrected chi connectivity index (χ2v) is 6.58. The third-order valence-electron chi connectivity index (χ3n) is 3.71. The maximum Gasteiger partial charge on any atom is 0.326 e. The van der Waals surface area contributed by atoms with Crippen LogP contribution in [-0.4, -0.2) is 17.1 Å². The number of halogens is 1. The van der Waals surface area contributed by atoms with Crippen molar-refractivity contribution >= 4 is 27.6 Å². The number of hydrogen-bond acceptors (Lipinski definition) is 2. The number of rotatable bonds is 4. The van der Waals surface area contributed by atoms with E-state index in [1.54, 1.807) is 0 Å². The molecule has 0 amide bonds. The summed E-state index contributed by atoms with van der Waals surface area (Å²) in [5.41, 5.74) is 2.13. The number of hydrogen-bond donors (Lipinski definition) is 2. The highest BCUT2D eigenvalue weighted by Crippen LogP contribution is 2.32. The molecule has 20 heavy (non-hydrogen) atoms. The number of benzene rings is 1. The van der Waals surface area contributed by atoms with Gasteiger partial charge in [0, 0.05) is 10.2 Å². The van der Waals surface area contributed by atoms with E-state index in [-0.39, 0.29) is 5.92 Å². The third-order valence-corrected chi connectivity index (χ3v) is 4.21. The fraction of sp³-hybridized carbons (Fsp3) is 0.438. The largest absolute Gasteiger partial charge is 0.480 e. The number of anilines is 1. The van der Waals surface area contributed by atoms with Gasteiger partial charge in [0.25, 0.3) is 0 Å². The standard InChI is InChI=1S/C16H20BrNO2/c1-10-6-11(2)8-12(7-10)15(16(19)20)18-14-5-3-4-13(17)9-14/h3-6,9-10,12,15,18H,7-8H2,1-2H3,(H,19,20). The third kappa shape index (κ3) is 3.85. The van der Waals surface area contributed by atoms with Crippen molar-refractivity contribution in [2.45, 2.75) is 32.7 Å². The molecule has 0 radical (unpaired) electrons. The van der Waals surface area contributed by atoms with E-state index in [1.807, 2.05) is 24.3 Å². The highest BCUT2D eigenvalue weighted by atomic mass is 79.9. The van der Waals surface area contributed by atoms with Gasteiger partial charge in [-0.05, 0) is 49.8 Å². The summed E-state index contributed by atoms with van der Waals surface area (Å²) in [6.07, 6.45) is 4.01. The molecule has 0 saturated carbocycles. The molecule has 3 atom stereocenters. The van der Waals surface area contributed by atoms with Crippen LogP contribution in [0.15, 0.2) is 40.4 Å². The van der Waals surface area contributed by atoms with E-state index in [2.05, 4.69) is 41.2 Å². The first-order chi connectivity index (χ1) is 9.45. The minimum Gasteiger partial charge on any atom is -0.480 e. The van der Waals surface area contributed by atoms with Crippen molar-refractivity contribution in [2.75, 3.05) is 5.32 Å². The first-order valence-electron chi connectivity index (χ1n) is 6.88. The van der Waals surface area contributed by atoms with Gasteiger partial charge in [-0.3, -0.25) is 0 Å². The summed E-state index contributed by atoms with van der Waals surface area (Å²) in [7, 11) is 0. The number of carbonyl (C=O) groups is 1. The van der Waals surface area contributed by atoms with Crippen LogP contribution in [0.4, 0.5) is 5.69 Å². The summed E-state index contributed by atoms with van der Waals surface area (Å²) in [5, 5.41) is 12.7. The van der Waals surface area contributed by atoms with Crippen LogP contribution in [0.1, 0.15) is 26.7 Å². The Bertz CT molecular complexity index is 527. The van der Waals surface area contributed by atoms with Gasteiger partial charge in [0.2, 0.25) is 0 Å². The van der Waals surface area contributed by atoms with Crippen molar-refractivity contribution in [3.05, 3.63) is 40.4 Å². The summed E-state index contributed by atoms with van der Waals surface area (Å²) >= 11 is 3.41. The SMILES string of the molecule is CC1=CC(C)CC(C(Nc2cccc(Br)c2)C(=O)O)C1. The summed E-state index contributed by atoms with van der Waals surface area (Å²) in [5.74, 6) is -0.205. The lowest BCUT2D eigenvalue weighted by Crippen LogP contribution is -2.38. The van der Waals surface area contributed by atoms with E-state index in [0.717, 1.165) is 23.0 Å². The van der Waals surface area contributed by atoms with Crippen LogP contribution in [0.25, 0.3) is 0 Å². The summed E-state index contributed by atoms with van der Waals surface area (Å²) in [6.45, 7) is 4.23. The highest BCUT2D eigenvalue weighted by Gasteiger charge is 2.31. The van der Waals surface area contributed by atoms with Crippen molar-refractivity contribution < 1.29 is 9.90 Å². The van der Waals surface area contributed by atoms with Crippen LogP contribution in [0.3, 0.4) is 0 Å². The van der Waals surface area contributed by atoms with Gasteiger partial charge in [0.15, 0.2) is 0 Å². The van der Waals surface area contributed by atoms with Gasteiger partial charge in [-0.25, -0.2) is 4.79 Å². The Morgan fingerprint density at radius 3 is 2.85 bits per heavy atom. The molecule has 108 valence electrons. The predicted molar refractivity (Wildman–Crippen MR) is 84.8 cm³/mol.